The van der Waals surface area contributed by atoms with Gasteiger partial charge in [0.25, 0.3) is 0 Å². The first-order chi connectivity index (χ1) is 17.4. The van der Waals surface area contributed by atoms with Gasteiger partial charge < -0.3 is 20.1 Å². The Morgan fingerprint density at radius 2 is 1.89 bits per heavy atom. The van der Waals surface area contributed by atoms with E-state index in [1.165, 1.54) is 13.3 Å². The molecule has 1 fully saturated rings. The van der Waals surface area contributed by atoms with Gasteiger partial charge in [-0.3, -0.25) is 14.4 Å². The third-order valence-electron chi connectivity index (χ3n) is 6.20. The van der Waals surface area contributed by atoms with Gasteiger partial charge in [-0.05, 0) is 50.6 Å². The quantitative estimate of drug-likeness (QED) is 0.387. The highest BCUT2D eigenvalue weighted by atomic mass is 16.2. The molecule has 1 aliphatic rings. The number of nitrogens with one attached hydrogen (secondary N) is 2. The number of amides is 2. The van der Waals surface area contributed by atoms with E-state index in [0.29, 0.717) is 24.3 Å². The molecule has 2 N–H and O–H groups in total. The number of anilines is 3. The van der Waals surface area contributed by atoms with E-state index in [2.05, 4.69) is 25.6 Å². The zero-order valence-electron chi connectivity index (χ0n) is 19.9. The van der Waals surface area contributed by atoms with Gasteiger partial charge in [-0.15, -0.1) is 0 Å². The minimum absolute atomic E-state index is 0.0234. The summed E-state index contributed by atoms with van der Waals surface area (Å²) in [4.78, 5) is 52.1. The van der Waals surface area contributed by atoms with Crippen molar-refractivity contribution in [2.24, 2.45) is 0 Å². The summed E-state index contributed by atoms with van der Waals surface area (Å²) in [6.45, 7) is 3.88. The van der Waals surface area contributed by atoms with E-state index in [4.69, 9.17) is 0 Å². The number of aromatic nitrogens is 4. The van der Waals surface area contributed by atoms with Crippen molar-refractivity contribution < 1.29 is 14.4 Å². The molecule has 0 bridgehead atoms. The fourth-order valence-corrected chi connectivity index (χ4v) is 4.33. The van der Waals surface area contributed by atoms with Gasteiger partial charge in [0.15, 0.2) is 5.78 Å². The monoisotopic (exact) mass is 483 g/mol. The topological polar surface area (TPSA) is 122 Å². The SMILES string of the molecule is CC(=O)c1cn(CC(=O)N2CCC2C(=O)Nc2cccc(C)n2)c2ccc(Nc3cncnc3)cc12. The summed E-state index contributed by atoms with van der Waals surface area (Å²) in [5.41, 5.74) is 3.57. The molecule has 1 aromatic carbocycles. The Morgan fingerprint density at radius 3 is 2.58 bits per heavy atom. The van der Waals surface area contributed by atoms with Crippen molar-refractivity contribution in [3.8, 4) is 0 Å². The van der Waals surface area contributed by atoms with E-state index in [0.717, 1.165) is 28.0 Å². The minimum atomic E-state index is -0.544. The third-order valence-corrected chi connectivity index (χ3v) is 6.20. The number of carbonyl (C=O) groups is 3. The van der Waals surface area contributed by atoms with Crippen LogP contribution in [0.3, 0.4) is 0 Å². The van der Waals surface area contributed by atoms with Gasteiger partial charge in [0, 0.05) is 40.6 Å². The first-order valence-corrected chi connectivity index (χ1v) is 11.6. The highest BCUT2D eigenvalue weighted by Crippen LogP contribution is 2.28. The summed E-state index contributed by atoms with van der Waals surface area (Å²) in [6.07, 6.45) is 7.05. The molecule has 0 aliphatic carbocycles. The second kappa shape index (κ2) is 9.57. The van der Waals surface area contributed by atoms with Crippen LogP contribution in [0.1, 0.15) is 29.4 Å². The number of likely N-dealkylation sites (tertiary alicyclic amines) is 1. The van der Waals surface area contributed by atoms with Crippen molar-refractivity contribution in [2.75, 3.05) is 17.2 Å². The molecule has 1 aliphatic heterocycles. The van der Waals surface area contributed by atoms with Crippen molar-refractivity contribution in [1.82, 2.24) is 24.4 Å². The Hall–Kier alpha value is -4.60. The van der Waals surface area contributed by atoms with Crippen LogP contribution in [0.2, 0.25) is 0 Å². The Morgan fingerprint density at radius 1 is 1.08 bits per heavy atom. The molecule has 1 atom stereocenters. The molecule has 1 unspecified atom stereocenters. The van der Waals surface area contributed by atoms with Crippen LogP contribution in [0.4, 0.5) is 17.2 Å². The zero-order chi connectivity index (χ0) is 25.2. The molecule has 0 spiro atoms. The van der Waals surface area contributed by atoms with E-state index in [1.807, 2.05) is 37.3 Å². The Bertz CT molecular complexity index is 1470. The lowest BCUT2D eigenvalue weighted by Gasteiger charge is -2.39. The maximum absolute atomic E-state index is 13.1. The normalized spacial score (nSPS) is 14.8. The maximum atomic E-state index is 13.1. The number of hydrogen-bond donors (Lipinski definition) is 2. The standard InChI is InChI=1S/C26H25N7O3/c1-16-4-3-5-24(29-16)31-26(36)23-8-9-33(23)25(35)14-32-13-21(17(2)34)20-10-18(6-7-22(20)32)30-19-11-27-15-28-12-19/h3-7,10-13,15,23,30H,8-9,14H2,1-2H3,(H,29,31,36). The van der Waals surface area contributed by atoms with Crippen LogP contribution < -0.4 is 10.6 Å². The van der Waals surface area contributed by atoms with E-state index in [1.54, 1.807) is 34.1 Å². The lowest BCUT2D eigenvalue weighted by molar-refractivity contribution is -0.145. The number of benzene rings is 1. The number of ketones is 1. The molecule has 2 amide bonds. The predicted octanol–water partition coefficient (Wildman–Crippen LogP) is 3.32. The summed E-state index contributed by atoms with van der Waals surface area (Å²) in [5.74, 6) is -0.0733. The Labute approximate surface area is 207 Å². The van der Waals surface area contributed by atoms with Crippen LogP contribution in [-0.4, -0.2) is 54.6 Å². The molecule has 4 aromatic rings. The predicted molar refractivity (Wildman–Crippen MR) is 135 cm³/mol. The molecule has 3 aromatic heterocycles. The number of nitrogens with zero attached hydrogens (tertiary/aromatic N) is 5. The number of Topliss-reactive ketones (excluding diaryl/α,β-unsaturated/α-hetero) is 1. The zero-order valence-corrected chi connectivity index (χ0v) is 19.9. The van der Waals surface area contributed by atoms with Crippen molar-refractivity contribution in [2.45, 2.75) is 32.9 Å². The van der Waals surface area contributed by atoms with E-state index >= 15 is 0 Å². The first-order valence-electron chi connectivity index (χ1n) is 11.6. The lowest BCUT2D eigenvalue weighted by atomic mass is 10.0. The average Bonchev–Trinajstić information content (AvgIpc) is 3.16. The van der Waals surface area contributed by atoms with Gasteiger partial charge in [0.05, 0.1) is 18.1 Å². The minimum Gasteiger partial charge on any atom is -0.353 e. The number of aryl methyl sites for hydroxylation is 1. The second-order valence-corrected chi connectivity index (χ2v) is 8.76. The van der Waals surface area contributed by atoms with Crippen molar-refractivity contribution in [3.05, 3.63) is 72.6 Å². The maximum Gasteiger partial charge on any atom is 0.248 e. The third kappa shape index (κ3) is 4.65. The summed E-state index contributed by atoms with van der Waals surface area (Å²) in [6, 6.07) is 10.5. The number of carbonyl (C=O) groups excluding carboxylic acids is 3. The van der Waals surface area contributed by atoms with Crippen molar-refractivity contribution >= 4 is 45.7 Å². The van der Waals surface area contributed by atoms with Gasteiger partial charge in [0.1, 0.15) is 24.7 Å². The van der Waals surface area contributed by atoms with Crippen LogP contribution >= 0.6 is 0 Å². The molecule has 182 valence electrons. The molecule has 10 heteroatoms. The van der Waals surface area contributed by atoms with Crippen LogP contribution in [0, 0.1) is 6.92 Å². The first kappa shape index (κ1) is 23.2. The van der Waals surface area contributed by atoms with Crippen molar-refractivity contribution in [3.63, 3.8) is 0 Å². The molecule has 4 heterocycles. The molecule has 5 rings (SSSR count). The number of hydrogen-bond acceptors (Lipinski definition) is 7. The van der Waals surface area contributed by atoms with Crippen LogP contribution in [0.25, 0.3) is 10.9 Å². The van der Waals surface area contributed by atoms with E-state index < -0.39 is 6.04 Å². The van der Waals surface area contributed by atoms with Gasteiger partial charge in [-0.25, -0.2) is 15.0 Å². The average molecular weight is 484 g/mol. The number of rotatable bonds is 7. The smallest absolute Gasteiger partial charge is 0.248 e. The van der Waals surface area contributed by atoms with Crippen LogP contribution in [0.15, 0.2) is 61.3 Å². The van der Waals surface area contributed by atoms with Gasteiger partial charge >= 0.3 is 0 Å². The number of fused-ring (bicyclic) bond motifs is 1. The molecular weight excluding hydrogens is 458 g/mol. The Balaban J connectivity index is 1.33. The number of pyridine rings is 1. The van der Waals surface area contributed by atoms with Crippen molar-refractivity contribution in [1.29, 1.82) is 0 Å². The molecule has 36 heavy (non-hydrogen) atoms. The van der Waals surface area contributed by atoms with Gasteiger partial charge in [0.2, 0.25) is 11.8 Å². The van der Waals surface area contributed by atoms with Gasteiger partial charge in [-0.1, -0.05) is 6.07 Å². The lowest BCUT2D eigenvalue weighted by Crippen LogP contribution is -2.57. The Kier molecular flexibility index (Phi) is 6.16. The largest absolute Gasteiger partial charge is 0.353 e. The van der Waals surface area contributed by atoms with Crippen LogP contribution in [-0.2, 0) is 16.1 Å². The molecule has 1 saturated heterocycles. The molecule has 0 radical (unpaired) electrons. The van der Waals surface area contributed by atoms with Gasteiger partial charge in [-0.2, -0.15) is 0 Å². The summed E-state index contributed by atoms with van der Waals surface area (Å²) < 4.78 is 1.76. The highest BCUT2D eigenvalue weighted by molar-refractivity contribution is 6.08. The molecule has 0 saturated carbocycles. The fraction of sp³-hybridized carbons (Fsp3) is 0.231. The van der Waals surface area contributed by atoms with Crippen LogP contribution in [0.5, 0.6) is 0 Å². The summed E-state index contributed by atoms with van der Waals surface area (Å²) in [5, 5.41) is 6.75. The summed E-state index contributed by atoms with van der Waals surface area (Å²) >= 11 is 0. The fourth-order valence-electron chi connectivity index (χ4n) is 4.33. The second-order valence-electron chi connectivity index (χ2n) is 8.76. The molecular formula is C26H25N7O3. The highest BCUT2D eigenvalue weighted by Gasteiger charge is 2.37. The van der Waals surface area contributed by atoms with E-state index in [9.17, 15) is 14.4 Å². The summed E-state index contributed by atoms with van der Waals surface area (Å²) in [7, 11) is 0. The molecule has 10 nitrogen and oxygen atoms in total. The van der Waals surface area contributed by atoms with E-state index in [-0.39, 0.29) is 24.1 Å².